The van der Waals surface area contributed by atoms with Gasteiger partial charge in [-0.25, -0.2) is 9.97 Å². The molecule has 106 valence electrons. The zero-order chi connectivity index (χ0) is 14.7. The number of hydrogen-bond donors (Lipinski definition) is 1. The van der Waals surface area contributed by atoms with Crippen LogP contribution >= 0.6 is 22.9 Å². The zero-order valence-corrected chi connectivity index (χ0v) is 13.2. The van der Waals surface area contributed by atoms with Crippen molar-refractivity contribution in [2.75, 3.05) is 0 Å². The molecule has 1 N–H and O–H groups in total. The van der Waals surface area contributed by atoms with Crippen LogP contribution < -0.4 is 5.32 Å². The molecule has 4 nitrogen and oxygen atoms in total. The molecule has 0 aromatic carbocycles. The molecule has 0 atom stereocenters. The van der Waals surface area contributed by atoms with Gasteiger partial charge >= 0.3 is 0 Å². The Morgan fingerprint density at radius 2 is 2.20 bits per heavy atom. The fourth-order valence-electron chi connectivity index (χ4n) is 1.70. The van der Waals surface area contributed by atoms with Gasteiger partial charge in [0.2, 0.25) is 0 Å². The Kier molecular flexibility index (Phi) is 4.73. The van der Waals surface area contributed by atoms with Crippen molar-refractivity contribution in [3.05, 3.63) is 44.6 Å². The normalized spacial score (nSPS) is 10.8. The first-order chi connectivity index (χ1) is 9.45. The molecule has 2 heterocycles. The summed E-state index contributed by atoms with van der Waals surface area (Å²) in [5.74, 6) is 0.0756. The first-order valence-corrected chi connectivity index (χ1v) is 7.52. The minimum atomic E-state index is -0.151. The van der Waals surface area contributed by atoms with Crippen molar-refractivity contribution in [2.45, 2.75) is 33.2 Å². The average molecular weight is 310 g/mol. The molecule has 0 aliphatic rings. The molecule has 0 aliphatic heterocycles. The lowest BCUT2D eigenvalue weighted by atomic mass is 10.1. The summed E-state index contributed by atoms with van der Waals surface area (Å²) in [6.45, 7) is 6.44. The number of aryl methyl sites for hydroxylation is 1. The van der Waals surface area contributed by atoms with E-state index in [-0.39, 0.29) is 11.8 Å². The highest BCUT2D eigenvalue weighted by atomic mass is 35.5. The molecule has 20 heavy (non-hydrogen) atoms. The van der Waals surface area contributed by atoms with Gasteiger partial charge in [0, 0.05) is 22.3 Å². The van der Waals surface area contributed by atoms with Crippen LogP contribution in [-0.2, 0) is 6.54 Å². The third kappa shape index (κ3) is 3.77. The molecule has 0 unspecified atom stereocenters. The third-order valence-corrected chi connectivity index (χ3v) is 3.87. The number of rotatable bonds is 4. The number of aromatic nitrogens is 2. The monoisotopic (exact) mass is 309 g/mol. The van der Waals surface area contributed by atoms with E-state index in [0.29, 0.717) is 17.3 Å². The van der Waals surface area contributed by atoms with Gasteiger partial charge in [0.25, 0.3) is 5.91 Å². The summed E-state index contributed by atoms with van der Waals surface area (Å²) in [6, 6.07) is 3.37. The Morgan fingerprint density at radius 1 is 1.45 bits per heavy atom. The molecule has 1 amide bonds. The Hall–Kier alpha value is -1.46. The maximum absolute atomic E-state index is 12.1. The number of carbonyl (C=O) groups excluding carboxylic acids is 1. The maximum Gasteiger partial charge on any atom is 0.251 e. The fraction of sp³-hybridized carbons (Fsp3) is 0.357. The molecule has 2 aromatic rings. The summed E-state index contributed by atoms with van der Waals surface area (Å²) in [7, 11) is 0. The van der Waals surface area contributed by atoms with E-state index in [1.165, 1.54) is 0 Å². The Morgan fingerprint density at radius 3 is 2.80 bits per heavy atom. The van der Waals surface area contributed by atoms with Crippen molar-refractivity contribution >= 4 is 28.8 Å². The number of pyridine rings is 1. The van der Waals surface area contributed by atoms with Crippen molar-refractivity contribution in [1.29, 1.82) is 0 Å². The summed E-state index contributed by atoms with van der Waals surface area (Å²) >= 11 is 7.53. The lowest BCUT2D eigenvalue weighted by molar-refractivity contribution is 0.0951. The van der Waals surface area contributed by atoms with E-state index >= 15 is 0 Å². The first-order valence-electron chi connectivity index (χ1n) is 6.32. The fourth-order valence-corrected chi connectivity index (χ4v) is 2.65. The number of hydrogen-bond acceptors (Lipinski definition) is 4. The van der Waals surface area contributed by atoms with Crippen LogP contribution in [0.1, 0.15) is 45.7 Å². The molecular weight excluding hydrogens is 294 g/mol. The second-order valence-corrected chi connectivity index (χ2v) is 6.49. The molecule has 0 fully saturated rings. The van der Waals surface area contributed by atoms with E-state index < -0.39 is 0 Å². The third-order valence-electron chi connectivity index (χ3n) is 2.76. The molecule has 2 aromatic heterocycles. The lowest BCUT2D eigenvalue weighted by Crippen LogP contribution is -2.22. The summed E-state index contributed by atoms with van der Waals surface area (Å²) in [6.07, 6.45) is 1.78. The van der Waals surface area contributed by atoms with Crippen LogP contribution in [0.15, 0.2) is 18.3 Å². The molecule has 2 rings (SSSR count). The molecule has 0 bridgehead atoms. The van der Waals surface area contributed by atoms with E-state index in [9.17, 15) is 4.79 Å². The van der Waals surface area contributed by atoms with E-state index in [1.807, 2.05) is 20.8 Å². The van der Waals surface area contributed by atoms with Gasteiger partial charge in [0.15, 0.2) is 0 Å². The van der Waals surface area contributed by atoms with E-state index in [1.54, 1.807) is 29.7 Å². The van der Waals surface area contributed by atoms with Crippen LogP contribution in [0.4, 0.5) is 0 Å². The largest absolute Gasteiger partial charge is 0.347 e. The van der Waals surface area contributed by atoms with Crippen LogP contribution in [-0.4, -0.2) is 15.9 Å². The number of halogens is 1. The summed E-state index contributed by atoms with van der Waals surface area (Å²) < 4.78 is 0. The predicted octanol–water partition coefficient (Wildman–Crippen LogP) is 3.55. The number of carbonyl (C=O) groups is 1. The van der Waals surface area contributed by atoms with Gasteiger partial charge in [-0.2, -0.15) is 0 Å². The van der Waals surface area contributed by atoms with Gasteiger partial charge in [-0.15, -0.1) is 11.3 Å². The van der Waals surface area contributed by atoms with Crippen molar-refractivity contribution in [1.82, 2.24) is 15.3 Å². The number of thiazole rings is 1. The molecule has 0 spiro atoms. The number of nitrogens with zero attached hydrogens (tertiary/aromatic N) is 2. The van der Waals surface area contributed by atoms with Crippen LogP contribution in [0, 0.1) is 6.92 Å². The highest BCUT2D eigenvalue weighted by Crippen LogP contribution is 2.18. The minimum Gasteiger partial charge on any atom is -0.347 e. The molecule has 0 radical (unpaired) electrons. The Bertz CT molecular complexity index is 625. The van der Waals surface area contributed by atoms with Crippen molar-refractivity contribution in [2.24, 2.45) is 0 Å². The first kappa shape index (κ1) is 14.9. The van der Waals surface area contributed by atoms with Crippen molar-refractivity contribution in [3.63, 3.8) is 0 Å². The summed E-state index contributed by atoms with van der Waals surface area (Å²) in [4.78, 5) is 21.5. The van der Waals surface area contributed by atoms with Gasteiger partial charge in [-0.1, -0.05) is 25.4 Å². The van der Waals surface area contributed by atoms with Crippen molar-refractivity contribution in [3.8, 4) is 0 Å². The van der Waals surface area contributed by atoms with Gasteiger partial charge in [-0.05, 0) is 25.0 Å². The minimum absolute atomic E-state index is 0.151. The number of nitrogens with one attached hydrogen (secondary N) is 1. The smallest absolute Gasteiger partial charge is 0.251 e. The van der Waals surface area contributed by atoms with Crippen LogP contribution in [0.3, 0.4) is 0 Å². The van der Waals surface area contributed by atoms with Gasteiger partial charge in [-0.3, -0.25) is 4.79 Å². The average Bonchev–Trinajstić information content (AvgIpc) is 2.81. The molecule has 0 saturated carbocycles. The lowest BCUT2D eigenvalue weighted by Gasteiger charge is -2.08. The Labute approximate surface area is 127 Å². The van der Waals surface area contributed by atoms with Gasteiger partial charge < -0.3 is 5.32 Å². The van der Waals surface area contributed by atoms with E-state index in [2.05, 4.69) is 15.3 Å². The Balaban J connectivity index is 2.09. The molecular formula is C14H16ClN3OS. The summed E-state index contributed by atoms with van der Waals surface area (Å²) in [5.41, 5.74) is 1.35. The van der Waals surface area contributed by atoms with Crippen LogP contribution in [0.25, 0.3) is 0 Å². The molecule has 0 saturated heterocycles. The van der Waals surface area contributed by atoms with E-state index in [0.717, 1.165) is 15.6 Å². The van der Waals surface area contributed by atoms with E-state index in [4.69, 9.17) is 11.6 Å². The van der Waals surface area contributed by atoms with Crippen LogP contribution in [0.5, 0.6) is 0 Å². The SMILES string of the molecule is Cc1ncc(CNC(=O)c2cc(Cl)nc(C(C)C)c2)s1. The molecule has 6 heteroatoms. The van der Waals surface area contributed by atoms with Crippen LogP contribution in [0.2, 0.25) is 5.15 Å². The maximum atomic E-state index is 12.1. The summed E-state index contributed by atoms with van der Waals surface area (Å²) in [5, 5.41) is 4.20. The topological polar surface area (TPSA) is 54.9 Å². The zero-order valence-electron chi connectivity index (χ0n) is 11.6. The van der Waals surface area contributed by atoms with Crippen molar-refractivity contribution < 1.29 is 4.79 Å². The highest BCUT2D eigenvalue weighted by molar-refractivity contribution is 7.11. The number of amides is 1. The highest BCUT2D eigenvalue weighted by Gasteiger charge is 2.11. The second kappa shape index (κ2) is 6.33. The standard InChI is InChI=1S/C14H16ClN3OS/c1-8(2)12-4-10(5-13(15)18-12)14(19)17-7-11-6-16-9(3)20-11/h4-6,8H,7H2,1-3H3,(H,17,19). The molecule has 0 aliphatic carbocycles. The predicted molar refractivity (Wildman–Crippen MR) is 81.4 cm³/mol. The second-order valence-electron chi connectivity index (χ2n) is 4.79. The quantitative estimate of drug-likeness (QED) is 0.879. The van der Waals surface area contributed by atoms with Gasteiger partial charge in [0.1, 0.15) is 5.15 Å². The van der Waals surface area contributed by atoms with Gasteiger partial charge in [0.05, 0.1) is 11.6 Å².